The minimum absolute atomic E-state index is 0.0955. The lowest BCUT2D eigenvalue weighted by atomic mass is 9.98. The van der Waals surface area contributed by atoms with Crippen LogP contribution in [0.15, 0.2) is 24.3 Å². The zero-order valence-electron chi connectivity index (χ0n) is 16.8. The standard InChI is InChI=1S/C20H29N3O5S/c1-2-14-29(26,27)23-9-5-6-16(15-23)19(24)21-18-8-4-3-7-17(18)20(25)22-10-12-28-13-11-22/h3-4,7-8,16H,2,5-6,9-15H2,1H3,(H,21,24). The molecule has 0 aliphatic carbocycles. The number of hydrogen-bond donors (Lipinski definition) is 1. The van der Waals surface area contributed by atoms with Crippen molar-refractivity contribution >= 4 is 27.5 Å². The van der Waals surface area contributed by atoms with Crippen LogP contribution in [0.5, 0.6) is 0 Å². The Morgan fingerprint density at radius 1 is 1.17 bits per heavy atom. The van der Waals surface area contributed by atoms with Gasteiger partial charge in [0.05, 0.1) is 36.1 Å². The summed E-state index contributed by atoms with van der Waals surface area (Å²) in [7, 11) is -3.33. The van der Waals surface area contributed by atoms with Gasteiger partial charge in [-0.05, 0) is 31.4 Å². The molecule has 0 saturated carbocycles. The first kappa shape index (κ1) is 21.7. The number of carbonyl (C=O) groups is 2. The molecule has 29 heavy (non-hydrogen) atoms. The fraction of sp³-hybridized carbons (Fsp3) is 0.600. The van der Waals surface area contributed by atoms with Gasteiger partial charge in [-0.25, -0.2) is 12.7 Å². The van der Waals surface area contributed by atoms with E-state index in [1.807, 2.05) is 6.92 Å². The molecule has 2 fully saturated rings. The Balaban J connectivity index is 1.70. The third kappa shape index (κ3) is 5.34. The molecule has 0 radical (unpaired) electrons. The molecule has 9 heteroatoms. The summed E-state index contributed by atoms with van der Waals surface area (Å²) < 4.78 is 31.5. The lowest BCUT2D eigenvalue weighted by molar-refractivity contribution is -0.120. The Kier molecular flexibility index (Phi) is 7.26. The second kappa shape index (κ2) is 9.69. The maximum absolute atomic E-state index is 12.9. The molecule has 2 saturated heterocycles. The van der Waals surface area contributed by atoms with Crippen LogP contribution in [-0.2, 0) is 19.6 Å². The van der Waals surface area contributed by atoms with E-state index in [9.17, 15) is 18.0 Å². The van der Waals surface area contributed by atoms with Crippen molar-refractivity contribution in [3.8, 4) is 0 Å². The molecule has 1 aromatic rings. The fourth-order valence-electron chi connectivity index (χ4n) is 3.75. The van der Waals surface area contributed by atoms with Crippen LogP contribution in [0.1, 0.15) is 36.5 Å². The fourth-order valence-corrected chi connectivity index (χ4v) is 5.33. The van der Waals surface area contributed by atoms with Gasteiger partial charge in [-0.1, -0.05) is 19.1 Å². The van der Waals surface area contributed by atoms with Crippen molar-refractivity contribution < 1.29 is 22.7 Å². The zero-order chi connectivity index (χ0) is 20.9. The van der Waals surface area contributed by atoms with Crippen molar-refractivity contribution in [3.05, 3.63) is 29.8 Å². The van der Waals surface area contributed by atoms with Gasteiger partial charge in [0, 0.05) is 26.2 Å². The first-order valence-electron chi connectivity index (χ1n) is 10.2. The third-order valence-corrected chi connectivity index (χ3v) is 7.37. The van der Waals surface area contributed by atoms with Crippen molar-refractivity contribution in [1.82, 2.24) is 9.21 Å². The maximum atomic E-state index is 12.9. The number of carbonyl (C=O) groups excluding carboxylic acids is 2. The minimum atomic E-state index is -3.33. The van der Waals surface area contributed by atoms with Crippen molar-refractivity contribution in [1.29, 1.82) is 0 Å². The van der Waals surface area contributed by atoms with Gasteiger partial charge < -0.3 is 15.0 Å². The summed E-state index contributed by atoms with van der Waals surface area (Å²) in [6.07, 6.45) is 1.83. The SMILES string of the molecule is CCCS(=O)(=O)N1CCCC(C(=O)Nc2ccccc2C(=O)N2CCOCC2)C1. The molecular formula is C20H29N3O5S. The van der Waals surface area contributed by atoms with Crippen LogP contribution in [0.25, 0.3) is 0 Å². The summed E-state index contributed by atoms with van der Waals surface area (Å²) in [5.41, 5.74) is 0.900. The quantitative estimate of drug-likeness (QED) is 0.749. The molecule has 3 rings (SSSR count). The lowest BCUT2D eigenvalue weighted by Gasteiger charge is -2.31. The molecule has 0 spiro atoms. The number of para-hydroxylation sites is 1. The van der Waals surface area contributed by atoms with E-state index < -0.39 is 15.9 Å². The van der Waals surface area contributed by atoms with Crippen LogP contribution < -0.4 is 5.32 Å². The van der Waals surface area contributed by atoms with Gasteiger partial charge in [0.1, 0.15) is 0 Å². The van der Waals surface area contributed by atoms with E-state index in [1.165, 1.54) is 4.31 Å². The van der Waals surface area contributed by atoms with Crippen LogP contribution in [0.2, 0.25) is 0 Å². The van der Waals surface area contributed by atoms with Gasteiger partial charge in [0.2, 0.25) is 15.9 Å². The maximum Gasteiger partial charge on any atom is 0.256 e. The summed E-state index contributed by atoms with van der Waals surface area (Å²) in [6, 6.07) is 6.94. The molecule has 2 aliphatic heterocycles. The number of ether oxygens (including phenoxy) is 1. The van der Waals surface area contributed by atoms with Gasteiger partial charge in [0.15, 0.2) is 0 Å². The third-order valence-electron chi connectivity index (χ3n) is 5.32. The molecule has 0 bridgehead atoms. The van der Waals surface area contributed by atoms with Crippen LogP contribution >= 0.6 is 0 Å². The van der Waals surface area contributed by atoms with Gasteiger partial charge in [-0.15, -0.1) is 0 Å². The van der Waals surface area contributed by atoms with E-state index in [-0.39, 0.29) is 24.1 Å². The largest absolute Gasteiger partial charge is 0.378 e. The van der Waals surface area contributed by atoms with Crippen LogP contribution in [-0.4, -0.2) is 74.6 Å². The van der Waals surface area contributed by atoms with E-state index in [0.717, 1.165) is 0 Å². The van der Waals surface area contributed by atoms with E-state index >= 15 is 0 Å². The minimum Gasteiger partial charge on any atom is -0.378 e. The summed E-state index contributed by atoms with van der Waals surface area (Å²) in [6.45, 7) is 4.52. The average Bonchev–Trinajstić information content (AvgIpc) is 2.74. The van der Waals surface area contributed by atoms with Crippen LogP contribution in [0.4, 0.5) is 5.69 Å². The predicted molar refractivity (Wildman–Crippen MR) is 110 cm³/mol. The highest BCUT2D eigenvalue weighted by Crippen LogP contribution is 2.24. The number of nitrogens with zero attached hydrogens (tertiary/aromatic N) is 2. The smallest absolute Gasteiger partial charge is 0.256 e. The topological polar surface area (TPSA) is 96.0 Å². The van der Waals surface area contributed by atoms with Crippen molar-refractivity contribution in [2.45, 2.75) is 26.2 Å². The van der Waals surface area contributed by atoms with E-state index in [1.54, 1.807) is 29.2 Å². The molecular weight excluding hydrogens is 394 g/mol. The highest BCUT2D eigenvalue weighted by molar-refractivity contribution is 7.89. The number of morpholine rings is 1. The van der Waals surface area contributed by atoms with Gasteiger partial charge in [-0.2, -0.15) is 0 Å². The summed E-state index contributed by atoms with van der Waals surface area (Å²) in [4.78, 5) is 27.5. The predicted octanol–water partition coefficient (Wildman–Crippen LogP) is 1.55. The molecule has 2 aliphatic rings. The van der Waals surface area contributed by atoms with E-state index in [4.69, 9.17) is 4.74 Å². The first-order chi connectivity index (χ1) is 13.9. The molecule has 2 heterocycles. The number of sulfonamides is 1. The zero-order valence-corrected chi connectivity index (χ0v) is 17.6. The van der Waals surface area contributed by atoms with Gasteiger partial charge >= 0.3 is 0 Å². The number of benzene rings is 1. The van der Waals surface area contributed by atoms with Crippen LogP contribution in [0, 0.1) is 5.92 Å². The second-order valence-corrected chi connectivity index (χ2v) is 9.54. The Bertz CT molecular complexity index is 836. The van der Waals surface area contributed by atoms with E-state index in [0.29, 0.717) is 63.4 Å². The molecule has 1 N–H and O–H groups in total. The number of hydrogen-bond acceptors (Lipinski definition) is 5. The van der Waals surface area contributed by atoms with Crippen molar-refractivity contribution in [2.75, 3.05) is 50.5 Å². The molecule has 0 aromatic heterocycles. The Morgan fingerprint density at radius 2 is 1.90 bits per heavy atom. The number of anilines is 1. The Morgan fingerprint density at radius 3 is 2.62 bits per heavy atom. The molecule has 1 aromatic carbocycles. The molecule has 1 unspecified atom stereocenters. The van der Waals surface area contributed by atoms with Gasteiger partial charge in [0.25, 0.3) is 5.91 Å². The van der Waals surface area contributed by atoms with Crippen LogP contribution in [0.3, 0.4) is 0 Å². The van der Waals surface area contributed by atoms with E-state index in [2.05, 4.69) is 5.32 Å². The summed E-state index contributed by atoms with van der Waals surface area (Å²) in [5.74, 6) is -0.719. The molecule has 2 amide bonds. The number of piperidine rings is 1. The number of rotatable bonds is 6. The van der Waals surface area contributed by atoms with Gasteiger partial charge in [-0.3, -0.25) is 9.59 Å². The normalized spacial score (nSPS) is 21.0. The Hall–Kier alpha value is -1.97. The summed E-state index contributed by atoms with van der Waals surface area (Å²) >= 11 is 0. The lowest BCUT2D eigenvalue weighted by Crippen LogP contribution is -2.44. The molecule has 1 atom stereocenters. The monoisotopic (exact) mass is 423 g/mol. The highest BCUT2D eigenvalue weighted by Gasteiger charge is 2.32. The average molecular weight is 424 g/mol. The Labute approximate surface area is 172 Å². The first-order valence-corrected chi connectivity index (χ1v) is 11.8. The second-order valence-electron chi connectivity index (χ2n) is 7.45. The number of amides is 2. The van der Waals surface area contributed by atoms with Crippen molar-refractivity contribution in [3.63, 3.8) is 0 Å². The highest BCUT2D eigenvalue weighted by atomic mass is 32.2. The number of nitrogens with one attached hydrogen (secondary N) is 1. The summed E-state index contributed by atoms with van der Waals surface area (Å²) in [5, 5.41) is 2.87. The molecule has 160 valence electrons. The molecule has 8 nitrogen and oxygen atoms in total. The van der Waals surface area contributed by atoms with Crippen molar-refractivity contribution in [2.24, 2.45) is 5.92 Å².